The van der Waals surface area contributed by atoms with Gasteiger partial charge in [-0.15, -0.1) is 0 Å². The predicted octanol–water partition coefficient (Wildman–Crippen LogP) is 2.27. The van der Waals surface area contributed by atoms with E-state index in [-0.39, 0.29) is 18.5 Å². The molecule has 2 saturated carbocycles. The van der Waals surface area contributed by atoms with E-state index >= 15 is 0 Å². The topological polar surface area (TPSA) is 90.3 Å². The second kappa shape index (κ2) is 7.28. The summed E-state index contributed by atoms with van der Waals surface area (Å²) in [4.78, 5) is 12.5. The third-order valence-corrected chi connectivity index (χ3v) is 6.92. The maximum Gasteiger partial charge on any atom is 0.240 e. The fraction of sp³-hybridized carbons (Fsp3) is 0.579. The van der Waals surface area contributed by atoms with Crippen LogP contribution in [-0.4, -0.2) is 33.2 Å². The molecule has 1 aromatic carbocycles. The van der Waals surface area contributed by atoms with E-state index in [1.54, 1.807) is 18.2 Å². The van der Waals surface area contributed by atoms with Crippen molar-refractivity contribution in [3.63, 3.8) is 0 Å². The fourth-order valence-corrected chi connectivity index (χ4v) is 5.42. The molecule has 0 aliphatic heterocycles. The number of amides is 1. The van der Waals surface area contributed by atoms with E-state index in [2.05, 4.69) is 5.32 Å². The summed E-state index contributed by atoms with van der Waals surface area (Å²) in [5.74, 6) is 1.67. The molecule has 140 valence electrons. The molecule has 2 aliphatic carbocycles. The standard InChI is InChI=1S/C19H25N3O3S/c1-13(18-10-14-6-7-16(18)8-14)21-19(23)12-22(26(2,24)25)17-5-3-4-15(9-17)11-20/h3-5,9,13-14,16,18H,6-8,10,12H2,1-2H3,(H,21,23)/t13-,14-,16-,18-/m1/s1. The van der Waals surface area contributed by atoms with Crippen molar-refractivity contribution in [2.75, 3.05) is 17.1 Å². The van der Waals surface area contributed by atoms with Crippen molar-refractivity contribution in [2.24, 2.45) is 17.8 Å². The number of carbonyl (C=O) groups excluding carboxylic acids is 1. The number of nitrogens with one attached hydrogen (secondary N) is 1. The van der Waals surface area contributed by atoms with Crippen LogP contribution >= 0.6 is 0 Å². The first-order chi connectivity index (χ1) is 12.3. The summed E-state index contributed by atoms with van der Waals surface area (Å²) in [6, 6.07) is 8.32. The van der Waals surface area contributed by atoms with Crippen molar-refractivity contribution < 1.29 is 13.2 Å². The van der Waals surface area contributed by atoms with Gasteiger partial charge >= 0.3 is 0 Å². The molecule has 0 spiro atoms. The van der Waals surface area contributed by atoms with E-state index in [0.29, 0.717) is 23.1 Å². The van der Waals surface area contributed by atoms with Gasteiger partial charge in [0.25, 0.3) is 0 Å². The molecule has 0 aromatic heterocycles. The first-order valence-electron chi connectivity index (χ1n) is 9.05. The summed E-state index contributed by atoms with van der Waals surface area (Å²) in [7, 11) is -3.64. The number of hydrogen-bond donors (Lipinski definition) is 1. The van der Waals surface area contributed by atoms with Gasteiger partial charge in [0.2, 0.25) is 15.9 Å². The molecule has 2 aliphatic rings. The molecule has 0 radical (unpaired) electrons. The number of benzene rings is 1. The number of anilines is 1. The molecular weight excluding hydrogens is 350 g/mol. The largest absolute Gasteiger partial charge is 0.352 e. The maximum atomic E-state index is 12.5. The minimum Gasteiger partial charge on any atom is -0.352 e. The second-order valence-electron chi connectivity index (χ2n) is 7.63. The van der Waals surface area contributed by atoms with Crippen molar-refractivity contribution in [1.29, 1.82) is 5.26 Å². The Morgan fingerprint density at radius 1 is 1.38 bits per heavy atom. The SMILES string of the molecule is C[C@@H](NC(=O)CN(c1cccc(C#N)c1)S(C)(=O)=O)[C@H]1C[C@@H]2CC[C@@H]1C2. The van der Waals surface area contributed by atoms with Crippen LogP contribution in [0.4, 0.5) is 5.69 Å². The van der Waals surface area contributed by atoms with Crippen LogP contribution < -0.4 is 9.62 Å². The average Bonchev–Trinajstić information content (AvgIpc) is 3.22. The zero-order valence-corrected chi connectivity index (χ0v) is 16.0. The van der Waals surface area contributed by atoms with Crippen LogP contribution in [0.1, 0.15) is 38.2 Å². The summed E-state index contributed by atoms with van der Waals surface area (Å²) < 4.78 is 25.4. The molecule has 0 heterocycles. The van der Waals surface area contributed by atoms with Crippen LogP contribution in [0.2, 0.25) is 0 Å². The van der Waals surface area contributed by atoms with Gasteiger partial charge in [-0.3, -0.25) is 9.10 Å². The van der Waals surface area contributed by atoms with Gasteiger partial charge in [-0.25, -0.2) is 8.42 Å². The van der Waals surface area contributed by atoms with Crippen molar-refractivity contribution in [1.82, 2.24) is 5.32 Å². The van der Waals surface area contributed by atoms with Gasteiger partial charge in [0.1, 0.15) is 6.54 Å². The van der Waals surface area contributed by atoms with Gasteiger partial charge in [0.05, 0.1) is 23.6 Å². The molecule has 1 N–H and O–H groups in total. The molecule has 4 atom stereocenters. The number of nitriles is 1. The van der Waals surface area contributed by atoms with Gasteiger partial charge < -0.3 is 5.32 Å². The summed E-state index contributed by atoms with van der Waals surface area (Å²) in [6.07, 6.45) is 6.04. The van der Waals surface area contributed by atoms with E-state index in [0.717, 1.165) is 22.9 Å². The van der Waals surface area contributed by atoms with Crippen molar-refractivity contribution >= 4 is 21.6 Å². The van der Waals surface area contributed by atoms with Crippen molar-refractivity contribution in [3.8, 4) is 6.07 Å². The Bertz CT molecular complexity index is 831. The van der Waals surface area contributed by atoms with Crippen LogP contribution in [0.3, 0.4) is 0 Å². The Labute approximate surface area is 155 Å². The molecule has 2 bridgehead atoms. The highest BCUT2D eigenvalue weighted by Gasteiger charge is 2.42. The van der Waals surface area contributed by atoms with Gasteiger partial charge in [-0.2, -0.15) is 5.26 Å². The number of nitrogens with zero attached hydrogens (tertiary/aromatic N) is 2. The minimum absolute atomic E-state index is 0.0460. The predicted molar refractivity (Wildman–Crippen MR) is 99.9 cm³/mol. The lowest BCUT2D eigenvalue weighted by molar-refractivity contribution is -0.120. The summed E-state index contributed by atoms with van der Waals surface area (Å²) >= 11 is 0. The Morgan fingerprint density at radius 2 is 2.15 bits per heavy atom. The average molecular weight is 375 g/mol. The third kappa shape index (κ3) is 4.01. The molecule has 0 saturated heterocycles. The second-order valence-corrected chi connectivity index (χ2v) is 9.53. The van der Waals surface area contributed by atoms with E-state index in [1.165, 1.54) is 25.3 Å². The molecule has 1 amide bonds. The Balaban J connectivity index is 1.69. The van der Waals surface area contributed by atoms with Gasteiger partial charge in [-0.05, 0) is 62.1 Å². The van der Waals surface area contributed by atoms with E-state index in [4.69, 9.17) is 5.26 Å². The number of rotatable bonds is 6. The summed E-state index contributed by atoms with van der Waals surface area (Å²) in [5.41, 5.74) is 0.682. The van der Waals surface area contributed by atoms with E-state index in [9.17, 15) is 13.2 Å². The summed E-state index contributed by atoms with van der Waals surface area (Å²) in [6.45, 7) is 1.74. The van der Waals surface area contributed by atoms with Gasteiger partial charge in [0.15, 0.2) is 0 Å². The van der Waals surface area contributed by atoms with Crippen LogP contribution in [0.25, 0.3) is 0 Å². The Hall–Kier alpha value is -2.07. The number of sulfonamides is 1. The van der Waals surface area contributed by atoms with Crippen LogP contribution in [0, 0.1) is 29.1 Å². The highest BCUT2D eigenvalue weighted by molar-refractivity contribution is 7.92. The van der Waals surface area contributed by atoms with E-state index < -0.39 is 10.0 Å². The number of carbonyl (C=O) groups is 1. The summed E-state index contributed by atoms with van der Waals surface area (Å²) in [5, 5.41) is 12.0. The van der Waals surface area contributed by atoms with E-state index in [1.807, 2.05) is 13.0 Å². The molecule has 3 rings (SSSR count). The van der Waals surface area contributed by atoms with Crippen molar-refractivity contribution in [2.45, 2.75) is 38.6 Å². The molecule has 7 heteroatoms. The Kier molecular flexibility index (Phi) is 5.24. The highest BCUT2D eigenvalue weighted by atomic mass is 32.2. The smallest absolute Gasteiger partial charge is 0.240 e. The zero-order chi connectivity index (χ0) is 18.9. The van der Waals surface area contributed by atoms with Crippen LogP contribution in [-0.2, 0) is 14.8 Å². The minimum atomic E-state index is -3.64. The molecule has 26 heavy (non-hydrogen) atoms. The third-order valence-electron chi connectivity index (χ3n) is 5.77. The van der Waals surface area contributed by atoms with Crippen LogP contribution in [0.5, 0.6) is 0 Å². The maximum absolute atomic E-state index is 12.5. The Morgan fingerprint density at radius 3 is 2.73 bits per heavy atom. The van der Waals surface area contributed by atoms with Crippen molar-refractivity contribution in [3.05, 3.63) is 29.8 Å². The monoisotopic (exact) mass is 375 g/mol. The first kappa shape index (κ1) is 18.7. The number of hydrogen-bond acceptors (Lipinski definition) is 4. The highest BCUT2D eigenvalue weighted by Crippen LogP contribution is 2.49. The number of fused-ring (bicyclic) bond motifs is 2. The van der Waals surface area contributed by atoms with Gasteiger partial charge in [-0.1, -0.05) is 12.5 Å². The molecule has 1 aromatic rings. The lowest BCUT2D eigenvalue weighted by Gasteiger charge is -2.29. The lowest BCUT2D eigenvalue weighted by atomic mass is 9.84. The molecule has 0 unspecified atom stereocenters. The van der Waals surface area contributed by atoms with Gasteiger partial charge in [0, 0.05) is 6.04 Å². The van der Waals surface area contributed by atoms with Crippen LogP contribution in [0.15, 0.2) is 24.3 Å². The zero-order valence-electron chi connectivity index (χ0n) is 15.2. The fourth-order valence-electron chi connectivity index (χ4n) is 4.57. The normalized spacial score (nSPS) is 25.5. The molecule has 6 nitrogen and oxygen atoms in total. The lowest BCUT2D eigenvalue weighted by Crippen LogP contribution is -2.46. The first-order valence-corrected chi connectivity index (χ1v) is 10.9. The quantitative estimate of drug-likeness (QED) is 0.826. The molecular formula is C19H25N3O3S. The molecule has 2 fully saturated rings.